The maximum Gasteiger partial charge on any atom is 0.255 e. The fourth-order valence-electron chi connectivity index (χ4n) is 3.07. The van der Waals surface area contributed by atoms with Crippen molar-refractivity contribution in [2.24, 2.45) is 0 Å². The van der Waals surface area contributed by atoms with Crippen LogP contribution in [0.15, 0.2) is 71.6 Å². The van der Waals surface area contributed by atoms with E-state index < -0.39 is 0 Å². The second-order valence-corrected chi connectivity index (χ2v) is 9.03. The van der Waals surface area contributed by atoms with Gasteiger partial charge in [-0.15, -0.1) is 11.8 Å². The predicted octanol–water partition coefficient (Wildman–Crippen LogP) is 6.72. The highest BCUT2D eigenvalue weighted by atomic mass is 35.5. The zero-order valence-corrected chi connectivity index (χ0v) is 19.3. The van der Waals surface area contributed by atoms with Crippen LogP contribution in [-0.2, 0) is 4.79 Å². The molecule has 3 aromatic carbocycles. The zero-order chi connectivity index (χ0) is 22.4. The molecule has 0 aliphatic carbocycles. The minimum absolute atomic E-state index is 0.0768. The van der Waals surface area contributed by atoms with Gasteiger partial charge in [-0.25, -0.2) is 0 Å². The lowest BCUT2D eigenvalue weighted by molar-refractivity contribution is -0.115. The molecular weight excluding hydrogens is 428 g/mol. The van der Waals surface area contributed by atoms with Crippen molar-refractivity contribution in [3.8, 4) is 0 Å². The summed E-state index contributed by atoms with van der Waals surface area (Å²) in [7, 11) is 0. The van der Waals surface area contributed by atoms with E-state index in [4.69, 9.17) is 11.6 Å². The van der Waals surface area contributed by atoms with Gasteiger partial charge >= 0.3 is 0 Å². The van der Waals surface area contributed by atoms with Gasteiger partial charge in [0.2, 0.25) is 5.91 Å². The number of anilines is 2. The van der Waals surface area contributed by atoms with E-state index >= 15 is 0 Å². The van der Waals surface area contributed by atoms with Crippen LogP contribution in [0.5, 0.6) is 0 Å². The minimum Gasteiger partial charge on any atom is -0.325 e. The molecule has 0 heterocycles. The first kappa shape index (κ1) is 22.9. The van der Waals surface area contributed by atoms with Crippen LogP contribution in [0.4, 0.5) is 11.4 Å². The Hall–Kier alpha value is -2.76. The number of carbonyl (C=O) groups is 2. The van der Waals surface area contributed by atoms with Crippen LogP contribution in [0.3, 0.4) is 0 Å². The molecule has 0 radical (unpaired) electrons. The van der Waals surface area contributed by atoms with Crippen LogP contribution in [0.1, 0.15) is 34.8 Å². The molecule has 1 atom stereocenters. The molecule has 3 rings (SSSR count). The second-order valence-electron chi connectivity index (χ2n) is 7.31. The Kier molecular flexibility index (Phi) is 7.77. The van der Waals surface area contributed by atoms with Crippen molar-refractivity contribution >= 4 is 46.6 Å². The van der Waals surface area contributed by atoms with Crippen LogP contribution in [-0.4, -0.2) is 17.1 Å². The quantitative estimate of drug-likeness (QED) is 0.391. The van der Waals surface area contributed by atoms with Gasteiger partial charge in [0.1, 0.15) is 0 Å². The first-order valence-electron chi connectivity index (χ1n) is 10.1. The molecule has 0 bridgehead atoms. The third-order valence-electron chi connectivity index (χ3n) is 4.77. The van der Waals surface area contributed by atoms with Crippen LogP contribution in [0, 0.1) is 13.8 Å². The topological polar surface area (TPSA) is 58.2 Å². The molecule has 0 saturated heterocycles. The molecule has 0 fully saturated rings. The SMILES string of the molecule is CCC(Sc1cccc(NC(=O)c2cccc(C)c2)c1)C(=O)Nc1cc(Cl)ccc1C. The second kappa shape index (κ2) is 10.5. The predicted molar refractivity (Wildman–Crippen MR) is 130 cm³/mol. The standard InChI is InChI=1S/C25H25ClN2O2S/c1-4-23(25(30)28-22-14-19(26)12-11-17(22)3)31-21-10-6-9-20(15-21)27-24(29)18-8-5-7-16(2)13-18/h5-15,23H,4H2,1-3H3,(H,27,29)(H,28,30). The fourth-order valence-corrected chi connectivity index (χ4v) is 4.25. The highest BCUT2D eigenvalue weighted by Gasteiger charge is 2.19. The first-order valence-corrected chi connectivity index (χ1v) is 11.3. The van der Waals surface area contributed by atoms with Gasteiger partial charge in [-0.2, -0.15) is 0 Å². The van der Waals surface area contributed by atoms with Crippen LogP contribution >= 0.6 is 23.4 Å². The summed E-state index contributed by atoms with van der Waals surface area (Å²) in [5.41, 5.74) is 4.01. The molecular formula is C25H25ClN2O2S. The largest absolute Gasteiger partial charge is 0.325 e. The number of carbonyl (C=O) groups excluding carboxylic acids is 2. The Balaban J connectivity index is 1.68. The van der Waals surface area contributed by atoms with E-state index in [-0.39, 0.29) is 17.1 Å². The van der Waals surface area contributed by atoms with Gasteiger partial charge in [0.15, 0.2) is 0 Å². The molecule has 2 N–H and O–H groups in total. The number of benzene rings is 3. The smallest absolute Gasteiger partial charge is 0.255 e. The summed E-state index contributed by atoms with van der Waals surface area (Å²) in [6.07, 6.45) is 0.663. The third-order valence-corrected chi connectivity index (χ3v) is 6.36. The summed E-state index contributed by atoms with van der Waals surface area (Å²) in [6, 6.07) is 20.4. The maximum absolute atomic E-state index is 12.8. The average molecular weight is 453 g/mol. The monoisotopic (exact) mass is 452 g/mol. The van der Waals surface area contributed by atoms with Gasteiger partial charge in [-0.05, 0) is 68.3 Å². The third kappa shape index (κ3) is 6.36. The van der Waals surface area contributed by atoms with E-state index in [2.05, 4.69) is 10.6 Å². The van der Waals surface area contributed by atoms with Crippen molar-refractivity contribution in [2.45, 2.75) is 37.3 Å². The lowest BCUT2D eigenvalue weighted by atomic mass is 10.1. The number of aryl methyl sites for hydroxylation is 2. The Morgan fingerprint density at radius 1 is 0.968 bits per heavy atom. The number of nitrogens with one attached hydrogen (secondary N) is 2. The van der Waals surface area contributed by atoms with Gasteiger partial charge in [0.25, 0.3) is 5.91 Å². The van der Waals surface area contributed by atoms with Crippen LogP contribution < -0.4 is 10.6 Å². The summed E-state index contributed by atoms with van der Waals surface area (Å²) < 4.78 is 0. The Bertz CT molecular complexity index is 1100. The summed E-state index contributed by atoms with van der Waals surface area (Å²) >= 11 is 7.53. The van der Waals surface area contributed by atoms with E-state index in [0.717, 1.165) is 21.7 Å². The molecule has 4 nitrogen and oxygen atoms in total. The lowest BCUT2D eigenvalue weighted by Gasteiger charge is -2.16. The van der Waals surface area contributed by atoms with Gasteiger partial charge in [0, 0.05) is 26.9 Å². The Morgan fingerprint density at radius 3 is 2.48 bits per heavy atom. The van der Waals surface area contributed by atoms with Crippen molar-refractivity contribution in [2.75, 3.05) is 10.6 Å². The lowest BCUT2D eigenvalue weighted by Crippen LogP contribution is -2.25. The van der Waals surface area contributed by atoms with Crippen molar-refractivity contribution in [3.63, 3.8) is 0 Å². The van der Waals surface area contributed by atoms with E-state index in [9.17, 15) is 9.59 Å². The number of hydrogen-bond acceptors (Lipinski definition) is 3. The normalized spacial score (nSPS) is 11.6. The molecule has 3 aromatic rings. The average Bonchev–Trinajstić information content (AvgIpc) is 2.74. The Labute approximate surface area is 192 Å². The molecule has 2 amide bonds. The summed E-state index contributed by atoms with van der Waals surface area (Å²) in [6.45, 7) is 5.86. The number of thioether (sulfide) groups is 1. The van der Waals surface area contributed by atoms with Crippen molar-refractivity contribution in [1.82, 2.24) is 0 Å². The summed E-state index contributed by atoms with van der Waals surface area (Å²) in [5.74, 6) is -0.237. The minimum atomic E-state index is -0.277. The fraction of sp³-hybridized carbons (Fsp3) is 0.200. The van der Waals surface area contributed by atoms with Crippen LogP contribution in [0.2, 0.25) is 5.02 Å². The first-order chi connectivity index (χ1) is 14.9. The summed E-state index contributed by atoms with van der Waals surface area (Å²) in [5, 5.41) is 6.22. The van der Waals surface area contributed by atoms with E-state index in [1.807, 2.05) is 69.3 Å². The number of halogens is 1. The number of amides is 2. The summed E-state index contributed by atoms with van der Waals surface area (Å²) in [4.78, 5) is 26.3. The highest BCUT2D eigenvalue weighted by molar-refractivity contribution is 8.00. The molecule has 0 aliphatic heterocycles. The zero-order valence-electron chi connectivity index (χ0n) is 17.7. The highest BCUT2D eigenvalue weighted by Crippen LogP contribution is 2.29. The van der Waals surface area contributed by atoms with E-state index in [1.165, 1.54) is 11.8 Å². The van der Waals surface area contributed by atoms with Gasteiger partial charge in [0.05, 0.1) is 5.25 Å². The number of hydrogen-bond donors (Lipinski definition) is 2. The molecule has 160 valence electrons. The van der Waals surface area contributed by atoms with Crippen molar-refractivity contribution < 1.29 is 9.59 Å². The number of rotatable bonds is 7. The molecule has 0 saturated carbocycles. The Morgan fingerprint density at radius 2 is 1.74 bits per heavy atom. The molecule has 6 heteroatoms. The van der Waals surface area contributed by atoms with E-state index in [1.54, 1.807) is 18.2 Å². The van der Waals surface area contributed by atoms with Gasteiger partial charge in [-0.3, -0.25) is 9.59 Å². The van der Waals surface area contributed by atoms with Gasteiger partial charge < -0.3 is 10.6 Å². The van der Waals surface area contributed by atoms with Gasteiger partial charge in [-0.1, -0.05) is 48.4 Å². The maximum atomic E-state index is 12.8. The molecule has 0 aliphatic rings. The molecule has 31 heavy (non-hydrogen) atoms. The van der Waals surface area contributed by atoms with Crippen LogP contribution in [0.25, 0.3) is 0 Å². The van der Waals surface area contributed by atoms with E-state index in [0.29, 0.717) is 22.7 Å². The van der Waals surface area contributed by atoms with Crippen molar-refractivity contribution in [3.05, 3.63) is 88.4 Å². The molecule has 0 spiro atoms. The molecule has 1 unspecified atom stereocenters. The van der Waals surface area contributed by atoms with Crippen molar-refractivity contribution in [1.29, 1.82) is 0 Å². The molecule has 0 aromatic heterocycles.